The highest BCUT2D eigenvalue weighted by molar-refractivity contribution is 7.11. The molecule has 1 saturated carbocycles. The second kappa shape index (κ2) is 4.46. The Balaban J connectivity index is 2.31. The van der Waals surface area contributed by atoms with Gasteiger partial charge in [0.1, 0.15) is 5.01 Å². The van der Waals surface area contributed by atoms with Crippen LogP contribution in [0.3, 0.4) is 0 Å². The van der Waals surface area contributed by atoms with E-state index in [-0.39, 0.29) is 5.54 Å². The third kappa shape index (κ3) is 2.16. The van der Waals surface area contributed by atoms with Crippen molar-refractivity contribution in [2.75, 3.05) is 0 Å². The van der Waals surface area contributed by atoms with Gasteiger partial charge in [-0.25, -0.2) is 4.98 Å². The molecular weight excluding hydrogens is 216 g/mol. The fraction of sp³-hybridized carbons (Fsp3) is 0.769. The number of nitrogens with one attached hydrogen (secondary N) is 1. The molecule has 1 fully saturated rings. The number of hydrogen-bond acceptors (Lipinski definition) is 3. The van der Waals surface area contributed by atoms with Crippen molar-refractivity contribution in [2.24, 2.45) is 0 Å². The molecule has 1 aromatic heterocycles. The summed E-state index contributed by atoms with van der Waals surface area (Å²) < 4.78 is 0. The Morgan fingerprint density at radius 3 is 2.31 bits per heavy atom. The van der Waals surface area contributed by atoms with Crippen LogP contribution in [0.25, 0.3) is 0 Å². The van der Waals surface area contributed by atoms with Crippen LogP contribution in [0.1, 0.15) is 55.1 Å². The highest BCUT2D eigenvalue weighted by atomic mass is 32.1. The molecule has 1 N–H and O–H groups in total. The lowest BCUT2D eigenvalue weighted by molar-refractivity contribution is 0.310. The first-order valence-electron chi connectivity index (χ1n) is 6.26. The zero-order valence-electron chi connectivity index (χ0n) is 10.8. The first kappa shape index (κ1) is 12.1. The first-order chi connectivity index (χ1) is 7.53. The highest BCUT2D eigenvalue weighted by Gasteiger charge is 2.38. The normalized spacial score (nSPS) is 19.6. The number of thiazole rings is 1. The standard InChI is InChI=1S/C13H22N2S/c1-9(2)15-13(7-5-6-8-13)12-14-10(3)11(4)16-12/h9,15H,5-8H2,1-4H3. The maximum Gasteiger partial charge on any atom is 0.113 e. The third-order valence-electron chi connectivity index (χ3n) is 3.46. The van der Waals surface area contributed by atoms with Crippen molar-refractivity contribution in [3.05, 3.63) is 15.6 Å². The van der Waals surface area contributed by atoms with Crippen LogP contribution in [-0.4, -0.2) is 11.0 Å². The van der Waals surface area contributed by atoms with Gasteiger partial charge in [0, 0.05) is 10.9 Å². The van der Waals surface area contributed by atoms with Crippen molar-refractivity contribution >= 4 is 11.3 Å². The van der Waals surface area contributed by atoms with Gasteiger partial charge in [-0.15, -0.1) is 11.3 Å². The van der Waals surface area contributed by atoms with Gasteiger partial charge in [-0.3, -0.25) is 0 Å². The largest absolute Gasteiger partial charge is 0.303 e. The molecule has 3 heteroatoms. The average molecular weight is 238 g/mol. The number of nitrogens with zero attached hydrogens (tertiary/aromatic N) is 1. The quantitative estimate of drug-likeness (QED) is 0.871. The molecule has 90 valence electrons. The van der Waals surface area contributed by atoms with Crippen molar-refractivity contribution in [2.45, 2.75) is 65.0 Å². The molecule has 0 bridgehead atoms. The molecule has 1 heterocycles. The summed E-state index contributed by atoms with van der Waals surface area (Å²) in [5.74, 6) is 0. The minimum absolute atomic E-state index is 0.178. The lowest BCUT2D eigenvalue weighted by Crippen LogP contribution is -2.43. The first-order valence-corrected chi connectivity index (χ1v) is 7.07. The van der Waals surface area contributed by atoms with Crippen molar-refractivity contribution in [1.82, 2.24) is 10.3 Å². The molecule has 2 nitrogen and oxygen atoms in total. The van der Waals surface area contributed by atoms with E-state index in [9.17, 15) is 0 Å². The molecule has 0 saturated heterocycles. The van der Waals surface area contributed by atoms with Gasteiger partial charge in [-0.1, -0.05) is 12.8 Å². The molecule has 16 heavy (non-hydrogen) atoms. The van der Waals surface area contributed by atoms with E-state index in [1.165, 1.54) is 41.3 Å². The molecule has 0 amide bonds. The second-order valence-electron chi connectivity index (χ2n) is 5.25. The maximum atomic E-state index is 4.77. The van der Waals surface area contributed by atoms with E-state index in [2.05, 4.69) is 33.0 Å². The predicted octanol–water partition coefficient (Wildman–Crippen LogP) is 3.53. The molecule has 1 aliphatic rings. The molecule has 0 radical (unpaired) electrons. The molecule has 1 aliphatic carbocycles. The van der Waals surface area contributed by atoms with E-state index in [1.807, 2.05) is 11.3 Å². The minimum Gasteiger partial charge on any atom is -0.303 e. The summed E-state index contributed by atoms with van der Waals surface area (Å²) in [5, 5.41) is 5.07. The fourth-order valence-electron chi connectivity index (χ4n) is 2.63. The molecule has 2 rings (SSSR count). The van der Waals surface area contributed by atoms with Crippen molar-refractivity contribution < 1.29 is 0 Å². The highest BCUT2D eigenvalue weighted by Crippen LogP contribution is 2.41. The van der Waals surface area contributed by atoms with Gasteiger partial charge in [0.15, 0.2) is 0 Å². The van der Waals surface area contributed by atoms with Crippen LogP contribution >= 0.6 is 11.3 Å². The molecule has 0 unspecified atom stereocenters. The number of rotatable bonds is 3. The maximum absolute atomic E-state index is 4.77. The van der Waals surface area contributed by atoms with Gasteiger partial charge in [0.2, 0.25) is 0 Å². The van der Waals surface area contributed by atoms with E-state index >= 15 is 0 Å². The van der Waals surface area contributed by atoms with Gasteiger partial charge in [-0.2, -0.15) is 0 Å². The van der Waals surface area contributed by atoms with E-state index < -0.39 is 0 Å². The summed E-state index contributed by atoms with van der Waals surface area (Å²) in [5.41, 5.74) is 1.38. The Labute approximate surface area is 102 Å². The van der Waals surface area contributed by atoms with Crippen LogP contribution in [0.4, 0.5) is 0 Å². The van der Waals surface area contributed by atoms with Crippen molar-refractivity contribution in [3.63, 3.8) is 0 Å². The van der Waals surface area contributed by atoms with Crippen molar-refractivity contribution in [3.8, 4) is 0 Å². The molecular formula is C13H22N2S. The molecule has 1 aromatic rings. The summed E-state index contributed by atoms with van der Waals surface area (Å²) in [6.07, 6.45) is 5.16. The monoisotopic (exact) mass is 238 g/mol. The zero-order valence-corrected chi connectivity index (χ0v) is 11.6. The predicted molar refractivity (Wildman–Crippen MR) is 70.0 cm³/mol. The Kier molecular flexibility index (Phi) is 3.36. The average Bonchev–Trinajstić information content (AvgIpc) is 2.75. The van der Waals surface area contributed by atoms with Gasteiger partial charge in [-0.05, 0) is 40.5 Å². The summed E-state index contributed by atoms with van der Waals surface area (Å²) in [6.45, 7) is 8.75. The summed E-state index contributed by atoms with van der Waals surface area (Å²) in [4.78, 5) is 6.14. The van der Waals surface area contributed by atoms with Crippen molar-refractivity contribution in [1.29, 1.82) is 0 Å². The summed E-state index contributed by atoms with van der Waals surface area (Å²) >= 11 is 1.88. The van der Waals surface area contributed by atoms with Gasteiger partial charge < -0.3 is 5.32 Å². The Bertz CT molecular complexity index is 343. The molecule has 0 spiro atoms. The topological polar surface area (TPSA) is 24.9 Å². The van der Waals surface area contributed by atoms with E-state index in [0.717, 1.165) is 0 Å². The zero-order chi connectivity index (χ0) is 11.8. The SMILES string of the molecule is Cc1nc(C2(NC(C)C)CCCC2)sc1C. The Hall–Kier alpha value is -0.410. The molecule has 0 atom stereocenters. The molecule has 0 aliphatic heterocycles. The van der Waals surface area contributed by atoms with E-state index in [4.69, 9.17) is 4.98 Å². The van der Waals surface area contributed by atoms with E-state index in [0.29, 0.717) is 6.04 Å². The Morgan fingerprint density at radius 2 is 1.88 bits per heavy atom. The third-order valence-corrected chi connectivity index (χ3v) is 4.74. The van der Waals surface area contributed by atoms with Crippen LogP contribution in [0.15, 0.2) is 0 Å². The number of aryl methyl sites for hydroxylation is 2. The van der Waals surface area contributed by atoms with Gasteiger partial charge >= 0.3 is 0 Å². The number of hydrogen-bond donors (Lipinski definition) is 1. The van der Waals surface area contributed by atoms with Gasteiger partial charge in [0.05, 0.1) is 11.2 Å². The minimum atomic E-state index is 0.178. The summed E-state index contributed by atoms with van der Waals surface area (Å²) in [6, 6.07) is 0.530. The Morgan fingerprint density at radius 1 is 1.25 bits per heavy atom. The smallest absolute Gasteiger partial charge is 0.113 e. The van der Waals surface area contributed by atoms with Crippen LogP contribution in [0.5, 0.6) is 0 Å². The van der Waals surface area contributed by atoms with Gasteiger partial charge in [0.25, 0.3) is 0 Å². The van der Waals surface area contributed by atoms with Crippen LogP contribution in [0.2, 0.25) is 0 Å². The fourth-order valence-corrected chi connectivity index (χ4v) is 3.75. The van der Waals surface area contributed by atoms with Crippen LogP contribution in [-0.2, 0) is 5.54 Å². The summed E-state index contributed by atoms with van der Waals surface area (Å²) in [7, 11) is 0. The lowest BCUT2D eigenvalue weighted by Gasteiger charge is -2.30. The lowest BCUT2D eigenvalue weighted by atomic mass is 9.97. The van der Waals surface area contributed by atoms with E-state index in [1.54, 1.807) is 0 Å². The van der Waals surface area contributed by atoms with Crippen LogP contribution in [0, 0.1) is 13.8 Å². The second-order valence-corrected chi connectivity index (χ2v) is 6.45. The number of aromatic nitrogens is 1. The van der Waals surface area contributed by atoms with Crippen LogP contribution < -0.4 is 5.32 Å². The molecule has 0 aromatic carbocycles.